The van der Waals surface area contributed by atoms with Crippen molar-refractivity contribution in [2.75, 3.05) is 19.7 Å². The largest absolute Gasteiger partial charge is 0.484 e. The van der Waals surface area contributed by atoms with Gasteiger partial charge in [-0.3, -0.25) is 9.69 Å². The van der Waals surface area contributed by atoms with Crippen molar-refractivity contribution in [2.45, 2.75) is 32.4 Å². The molecule has 5 heteroatoms. The Bertz CT molecular complexity index is 725. The van der Waals surface area contributed by atoms with E-state index in [0.29, 0.717) is 0 Å². The molecule has 138 valence electrons. The first-order chi connectivity index (χ1) is 12.6. The van der Waals surface area contributed by atoms with Crippen molar-refractivity contribution < 1.29 is 9.53 Å². The minimum atomic E-state index is -0.0531. The molecule has 1 heterocycles. The van der Waals surface area contributed by atoms with E-state index >= 15 is 0 Å². The SMILES string of the molecule is Cc1cccc(OCC(=O)NC2CCN(Cc3ccc(Cl)cc3)CC2)c1. The average Bonchev–Trinajstić information content (AvgIpc) is 2.64. The molecule has 0 aromatic heterocycles. The molecule has 0 bridgehead atoms. The third-order valence-electron chi connectivity index (χ3n) is 4.63. The van der Waals surface area contributed by atoms with Gasteiger partial charge in [-0.15, -0.1) is 0 Å². The lowest BCUT2D eigenvalue weighted by molar-refractivity contribution is -0.124. The van der Waals surface area contributed by atoms with Gasteiger partial charge in [0.1, 0.15) is 5.75 Å². The average molecular weight is 373 g/mol. The molecule has 0 aliphatic carbocycles. The van der Waals surface area contributed by atoms with Crippen LogP contribution in [0, 0.1) is 6.92 Å². The second kappa shape index (κ2) is 9.06. The van der Waals surface area contributed by atoms with E-state index < -0.39 is 0 Å². The number of amides is 1. The molecule has 0 spiro atoms. The predicted molar refractivity (Wildman–Crippen MR) is 105 cm³/mol. The lowest BCUT2D eigenvalue weighted by Crippen LogP contribution is -2.45. The summed E-state index contributed by atoms with van der Waals surface area (Å²) < 4.78 is 5.57. The lowest BCUT2D eigenvalue weighted by Gasteiger charge is -2.32. The highest BCUT2D eigenvalue weighted by atomic mass is 35.5. The molecule has 2 aromatic rings. The van der Waals surface area contributed by atoms with Crippen LogP contribution < -0.4 is 10.1 Å². The van der Waals surface area contributed by atoms with E-state index in [9.17, 15) is 4.79 Å². The molecule has 26 heavy (non-hydrogen) atoms. The standard InChI is InChI=1S/C21H25ClN2O2/c1-16-3-2-4-20(13-16)26-15-21(25)23-19-9-11-24(12-10-19)14-17-5-7-18(22)8-6-17/h2-8,13,19H,9-12,14-15H2,1H3,(H,23,25). The number of hydrogen-bond acceptors (Lipinski definition) is 3. The van der Waals surface area contributed by atoms with Crippen LogP contribution >= 0.6 is 11.6 Å². The molecule has 0 unspecified atom stereocenters. The summed E-state index contributed by atoms with van der Waals surface area (Å²) in [7, 11) is 0. The van der Waals surface area contributed by atoms with Crippen LogP contribution in [0.25, 0.3) is 0 Å². The van der Waals surface area contributed by atoms with Gasteiger partial charge in [-0.2, -0.15) is 0 Å². The molecule has 1 fully saturated rings. The van der Waals surface area contributed by atoms with Gasteiger partial charge in [-0.25, -0.2) is 0 Å². The van der Waals surface area contributed by atoms with Gasteiger partial charge >= 0.3 is 0 Å². The first kappa shape index (κ1) is 18.7. The topological polar surface area (TPSA) is 41.6 Å². The number of likely N-dealkylation sites (tertiary alicyclic amines) is 1. The smallest absolute Gasteiger partial charge is 0.258 e. The molecule has 4 nitrogen and oxygen atoms in total. The lowest BCUT2D eigenvalue weighted by atomic mass is 10.0. The van der Waals surface area contributed by atoms with E-state index in [1.165, 1.54) is 5.56 Å². The van der Waals surface area contributed by atoms with Crippen molar-refractivity contribution in [2.24, 2.45) is 0 Å². The fourth-order valence-corrected chi connectivity index (χ4v) is 3.33. The Morgan fingerprint density at radius 2 is 1.92 bits per heavy atom. The summed E-state index contributed by atoms with van der Waals surface area (Å²) in [4.78, 5) is 14.5. The van der Waals surface area contributed by atoms with Crippen LogP contribution in [-0.4, -0.2) is 36.5 Å². The Labute approximate surface area is 160 Å². The number of aryl methyl sites for hydroxylation is 1. The number of benzene rings is 2. The van der Waals surface area contributed by atoms with E-state index in [4.69, 9.17) is 16.3 Å². The maximum absolute atomic E-state index is 12.1. The summed E-state index contributed by atoms with van der Waals surface area (Å²) in [6.07, 6.45) is 1.92. The van der Waals surface area contributed by atoms with Crippen LogP contribution in [0.2, 0.25) is 5.02 Å². The van der Waals surface area contributed by atoms with E-state index in [0.717, 1.165) is 48.8 Å². The number of hydrogen-bond donors (Lipinski definition) is 1. The number of ether oxygens (including phenoxy) is 1. The van der Waals surface area contributed by atoms with Crippen molar-refractivity contribution >= 4 is 17.5 Å². The van der Waals surface area contributed by atoms with Gasteiger partial charge in [-0.1, -0.05) is 35.9 Å². The fourth-order valence-electron chi connectivity index (χ4n) is 3.21. The molecule has 0 radical (unpaired) electrons. The number of carbonyl (C=O) groups excluding carboxylic acids is 1. The van der Waals surface area contributed by atoms with Crippen molar-refractivity contribution in [1.82, 2.24) is 10.2 Å². The summed E-state index contributed by atoms with van der Waals surface area (Å²) in [5.41, 5.74) is 2.39. The Balaban J connectivity index is 1.38. The third-order valence-corrected chi connectivity index (χ3v) is 4.88. The zero-order valence-corrected chi connectivity index (χ0v) is 15.8. The van der Waals surface area contributed by atoms with Crippen molar-refractivity contribution in [3.8, 4) is 5.75 Å². The van der Waals surface area contributed by atoms with E-state index in [1.807, 2.05) is 43.3 Å². The number of rotatable bonds is 6. The highest BCUT2D eigenvalue weighted by molar-refractivity contribution is 6.30. The second-order valence-electron chi connectivity index (χ2n) is 6.85. The molecule has 1 aliphatic rings. The number of piperidine rings is 1. The molecule has 1 amide bonds. The zero-order valence-electron chi connectivity index (χ0n) is 15.1. The Morgan fingerprint density at radius 1 is 1.19 bits per heavy atom. The van der Waals surface area contributed by atoms with Gasteiger partial charge in [-0.05, 0) is 55.2 Å². The van der Waals surface area contributed by atoms with Gasteiger partial charge in [0.05, 0.1) is 0 Å². The summed E-state index contributed by atoms with van der Waals surface area (Å²) in [5, 5.41) is 3.85. The van der Waals surface area contributed by atoms with Gasteiger partial charge < -0.3 is 10.1 Å². The number of halogens is 1. The maximum atomic E-state index is 12.1. The van der Waals surface area contributed by atoms with E-state index in [1.54, 1.807) is 0 Å². The van der Waals surface area contributed by atoms with E-state index in [2.05, 4.69) is 22.3 Å². The molecule has 1 aliphatic heterocycles. The van der Waals surface area contributed by atoms with Crippen LogP contribution in [-0.2, 0) is 11.3 Å². The molecule has 3 rings (SSSR count). The minimum Gasteiger partial charge on any atom is -0.484 e. The van der Waals surface area contributed by atoms with E-state index in [-0.39, 0.29) is 18.6 Å². The van der Waals surface area contributed by atoms with Gasteiger partial charge in [0.2, 0.25) is 0 Å². The Kier molecular flexibility index (Phi) is 6.53. The van der Waals surface area contributed by atoms with Crippen molar-refractivity contribution in [1.29, 1.82) is 0 Å². The summed E-state index contributed by atoms with van der Waals surface area (Å²) in [6.45, 7) is 4.95. The number of carbonyl (C=O) groups is 1. The molecule has 1 saturated heterocycles. The minimum absolute atomic E-state index is 0.0531. The Morgan fingerprint density at radius 3 is 2.62 bits per heavy atom. The quantitative estimate of drug-likeness (QED) is 0.838. The molecular formula is C21H25ClN2O2. The fraction of sp³-hybridized carbons (Fsp3) is 0.381. The zero-order chi connectivity index (χ0) is 18.4. The van der Waals surface area contributed by atoms with Crippen LogP contribution in [0.3, 0.4) is 0 Å². The van der Waals surface area contributed by atoms with Crippen molar-refractivity contribution in [3.63, 3.8) is 0 Å². The van der Waals surface area contributed by atoms with Crippen LogP contribution in [0.15, 0.2) is 48.5 Å². The first-order valence-corrected chi connectivity index (χ1v) is 9.42. The monoisotopic (exact) mass is 372 g/mol. The van der Waals surface area contributed by atoms with Gasteiger partial charge in [0.15, 0.2) is 6.61 Å². The van der Waals surface area contributed by atoms with Crippen molar-refractivity contribution in [3.05, 3.63) is 64.7 Å². The highest BCUT2D eigenvalue weighted by Crippen LogP contribution is 2.16. The van der Waals surface area contributed by atoms with Gasteiger partial charge in [0.25, 0.3) is 5.91 Å². The van der Waals surface area contributed by atoms with Crippen LogP contribution in [0.5, 0.6) is 5.75 Å². The summed E-state index contributed by atoms with van der Waals surface area (Å²) in [5.74, 6) is 0.681. The second-order valence-corrected chi connectivity index (χ2v) is 7.29. The summed E-state index contributed by atoms with van der Waals surface area (Å²) in [6, 6.07) is 16.0. The normalized spacial score (nSPS) is 15.6. The van der Waals surface area contributed by atoms with Crippen LogP contribution in [0.4, 0.5) is 0 Å². The summed E-state index contributed by atoms with van der Waals surface area (Å²) >= 11 is 5.93. The predicted octanol–water partition coefficient (Wildman–Crippen LogP) is 3.81. The van der Waals surface area contributed by atoms with Crippen LogP contribution in [0.1, 0.15) is 24.0 Å². The molecular weight excluding hydrogens is 348 g/mol. The van der Waals surface area contributed by atoms with Gasteiger partial charge in [0, 0.05) is 30.7 Å². The first-order valence-electron chi connectivity index (χ1n) is 9.04. The molecule has 0 atom stereocenters. The number of nitrogens with one attached hydrogen (secondary N) is 1. The molecule has 1 N–H and O–H groups in total. The highest BCUT2D eigenvalue weighted by Gasteiger charge is 2.20. The number of nitrogens with zero attached hydrogens (tertiary/aromatic N) is 1. The Hall–Kier alpha value is -2.04. The third kappa shape index (κ3) is 5.75. The molecule has 0 saturated carbocycles. The maximum Gasteiger partial charge on any atom is 0.258 e. The molecule has 2 aromatic carbocycles.